The summed E-state index contributed by atoms with van der Waals surface area (Å²) in [6.45, 7) is 2.53. The van der Waals surface area contributed by atoms with E-state index in [1.165, 1.54) is 0 Å². The van der Waals surface area contributed by atoms with E-state index < -0.39 is 5.69 Å². The summed E-state index contributed by atoms with van der Waals surface area (Å²) in [5, 5.41) is 9.02. The van der Waals surface area contributed by atoms with Gasteiger partial charge in [0.1, 0.15) is 0 Å². The van der Waals surface area contributed by atoms with Crippen molar-refractivity contribution in [3.05, 3.63) is 10.5 Å². The number of hydrogen-bond acceptors (Lipinski definition) is 3. The molecule has 0 unspecified atom stereocenters. The van der Waals surface area contributed by atoms with Crippen molar-refractivity contribution < 1.29 is 9.84 Å². The molecular weight excluding hydrogens is 160 g/mol. The molecule has 68 valence electrons. The Labute approximate surface area is 69.4 Å². The summed E-state index contributed by atoms with van der Waals surface area (Å²) >= 11 is 0. The number of H-pyrrole nitrogens is 2. The van der Waals surface area contributed by atoms with Crippen molar-refractivity contribution in [2.24, 2.45) is 0 Å². The Morgan fingerprint density at radius 1 is 1.50 bits per heavy atom. The quantitative estimate of drug-likeness (QED) is 0.581. The largest absolute Gasteiger partial charge is 0.491 e. The van der Waals surface area contributed by atoms with Crippen molar-refractivity contribution in [3.8, 4) is 11.8 Å². The van der Waals surface area contributed by atoms with Crippen LogP contribution in [-0.2, 0) is 0 Å². The van der Waals surface area contributed by atoms with Gasteiger partial charge in [0.25, 0.3) is 11.8 Å². The molecular formula is C7H12N2O3. The molecule has 1 rings (SSSR count). The van der Waals surface area contributed by atoms with Crippen LogP contribution in [-0.4, -0.2) is 21.7 Å². The minimum atomic E-state index is -0.459. The molecule has 3 N–H and O–H groups in total. The summed E-state index contributed by atoms with van der Waals surface area (Å²) in [6, 6.07) is 0. The molecule has 1 heterocycles. The van der Waals surface area contributed by atoms with Crippen molar-refractivity contribution in [3.63, 3.8) is 0 Å². The smallest absolute Gasteiger partial charge is 0.328 e. The van der Waals surface area contributed by atoms with Crippen LogP contribution in [0.3, 0.4) is 0 Å². The SMILES string of the molecule is CCCCOc1[nH]c(=O)[nH]c1O. The van der Waals surface area contributed by atoms with Gasteiger partial charge in [-0.15, -0.1) is 0 Å². The molecule has 0 fully saturated rings. The average molecular weight is 172 g/mol. The molecule has 0 amide bonds. The first-order valence-electron chi connectivity index (χ1n) is 3.88. The third-order valence-corrected chi connectivity index (χ3v) is 1.42. The molecule has 0 saturated heterocycles. The van der Waals surface area contributed by atoms with Gasteiger partial charge in [0, 0.05) is 0 Å². The molecule has 0 bridgehead atoms. The van der Waals surface area contributed by atoms with Gasteiger partial charge in [0.2, 0.25) is 0 Å². The van der Waals surface area contributed by atoms with Crippen LogP contribution in [0.1, 0.15) is 19.8 Å². The lowest BCUT2D eigenvalue weighted by Gasteiger charge is -2.00. The summed E-state index contributed by atoms with van der Waals surface area (Å²) in [6.07, 6.45) is 1.90. The Balaban J connectivity index is 2.51. The van der Waals surface area contributed by atoms with E-state index in [9.17, 15) is 4.79 Å². The molecule has 0 aliphatic heterocycles. The first-order valence-corrected chi connectivity index (χ1v) is 3.88. The lowest BCUT2D eigenvalue weighted by atomic mass is 10.4. The molecule has 0 radical (unpaired) electrons. The molecule has 0 aliphatic rings. The number of ether oxygens (including phenoxy) is 1. The molecule has 0 aromatic carbocycles. The minimum Gasteiger partial charge on any atom is -0.491 e. The summed E-state index contributed by atoms with van der Waals surface area (Å²) in [7, 11) is 0. The van der Waals surface area contributed by atoms with E-state index in [4.69, 9.17) is 9.84 Å². The summed E-state index contributed by atoms with van der Waals surface area (Å²) in [4.78, 5) is 15.1. The predicted molar refractivity (Wildman–Crippen MR) is 43.5 cm³/mol. The fourth-order valence-corrected chi connectivity index (χ4v) is 0.781. The topological polar surface area (TPSA) is 78.1 Å². The van der Waals surface area contributed by atoms with Crippen LogP contribution >= 0.6 is 0 Å². The predicted octanol–water partition coefficient (Wildman–Crippen LogP) is 0.587. The molecule has 1 aromatic rings. The standard InChI is InChI=1S/C7H12N2O3/c1-2-3-4-12-6-5(10)8-7(11)9-6/h10H,2-4H2,1H3,(H2,8,9,11). The summed E-state index contributed by atoms with van der Waals surface area (Å²) in [5.74, 6) is -0.121. The van der Waals surface area contributed by atoms with Crippen LogP contribution < -0.4 is 10.4 Å². The number of rotatable bonds is 4. The van der Waals surface area contributed by atoms with Crippen LogP contribution in [0, 0.1) is 0 Å². The Kier molecular flexibility index (Phi) is 2.79. The molecule has 5 heteroatoms. The Morgan fingerprint density at radius 3 is 2.75 bits per heavy atom. The van der Waals surface area contributed by atoms with E-state index in [0.717, 1.165) is 12.8 Å². The number of aromatic amines is 2. The number of imidazole rings is 1. The van der Waals surface area contributed by atoms with Gasteiger partial charge in [-0.05, 0) is 6.42 Å². The van der Waals surface area contributed by atoms with Crippen molar-refractivity contribution in [2.45, 2.75) is 19.8 Å². The normalized spacial score (nSPS) is 10.1. The maximum Gasteiger partial charge on any atom is 0.328 e. The van der Waals surface area contributed by atoms with Crippen molar-refractivity contribution in [2.75, 3.05) is 6.61 Å². The molecule has 1 aromatic heterocycles. The van der Waals surface area contributed by atoms with E-state index in [-0.39, 0.29) is 11.8 Å². The lowest BCUT2D eigenvalue weighted by Crippen LogP contribution is -2.02. The molecule has 12 heavy (non-hydrogen) atoms. The molecule has 0 aliphatic carbocycles. The number of unbranched alkanes of at least 4 members (excludes halogenated alkanes) is 1. The molecule has 5 nitrogen and oxygen atoms in total. The van der Waals surface area contributed by atoms with Gasteiger partial charge < -0.3 is 9.84 Å². The number of hydrogen-bond donors (Lipinski definition) is 3. The zero-order valence-electron chi connectivity index (χ0n) is 6.89. The Hall–Kier alpha value is -1.39. The van der Waals surface area contributed by atoms with Crippen molar-refractivity contribution >= 4 is 0 Å². The van der Waals surface area contributed by atoms with E-state index in [1.54, 1.807) is 0 Å². The van der Waals surface area contributed by atoms with Crippen LogP contribution in [0.2, 0.25) is 0 Å². The fraction of sp³-hybridized carbons (Fsp3) is 0.571. The highest BCUT2D eigenvalue weighted by atomic mass is 16.5. The lowest BCUT2D eigenvalue weighted by molar-refractivity contribution is 0.281. The van der Waals surface area contributed by atoms with E-state index >= 15 is 0 Å². The van der Waals surface area contributed by atoms with E-state index in [0.29, 0.717) is 6.61 Å². The van der Waals surface area contributed by atoms with Gasteiger partial charge in [0.05, 0.1) is 6.61 Å². The first kappa shape index (κ1) is 8.70. The maximum atomic E-state index is 10.6. The van der Waals surface area contributed by atoms with Crippen LogP contribution in [0.5, 0.6) is 11.8 Å². The average Bonchev–Trinajstić information content (AvgIpc) is 2.31. The van der Waals surface area contributed by atoms with Crippen LogP contribution in [0.25, 0.3) is 0 Å². The van der Waals surface area contributed by atoms with Gasteiger partial charge in [-0.25, -0.2) is 4.79 Å². The van der Waals surface area contributed by atoms with E-state index in [1.807, 2.05) is 6.92 Å². The third-order valence-electron chi connectivity index (χ3n) is 1.42. The highest BCUT2D eigenvalue weighted by Crippen LogP contribution is 2.16. The zero-order chi connectivity index (χ0) is 8.97. The monoisotopic (exact) mass is 172 g/mol. The minimum absolute atomic E-state index is 0.119. The zero-order valence-corrected chi connectivity index (χ0v) is 6.89. The van der Waals surface area contributed by atoms with Gasteiger partial charge in [0.15, 0.2) is 0 Å². The highest BCUT2D eigenvalue weighted by Gasteiger charge is 2.04. The third kappa shape index (κ3) is 2.05. The van der Waals surface area contributed by atoms with Crippen LogP contribution in [0.15, 0.2) is 4.79 Å². The second kappa shape index (κ2) is 3.85. The number of aromatic hydroxyl groups is 1. The van der Waals surface area contributed by atoms with Gasteiger partial charge in [-0.1, -0.05) is 13.3 Å². The second-order valence-corrected chi connectivity index (χ2v) is 2.46. The summed E-state index contributed by atoms with van der Waals surface area (Å²) in [5.41, 5.74) is -0.459. The highest BCUT2D eigenvalue weighted by molar-refractivity contribution is 5.22. The van der Waals surface area contributed by atoms with E-state index in [2.05, 4.69) is 9.97 Å². The van der Waals surface area contributed by atoms with Crippen molar-refractivity contribution in [1.82, 2.24) is 9.97 Å². The molecule has 0 atom stereocenters. The van der Waals surface area contributed by atoms with Crippen molar-refractivity contribution in [1.29, 1.82) is 0 Å². The maximum absolute atomic E-state index is 10.6. The Morgan fingerprint density at radius 2 is 2.25 bits per heavy atom. The first-order chi connectivity index (χ1) is 5.74. The van der Waals surface area contributed by atoms with Crippen LogP contribution in [0.4, 0.5) is 0 Å². The number of nitrogens with one attached hydrogen (secondary N) is 2. The van der Waals surface area contributed by atoms with Gasteiger partial charge in [-0.2, -0.15) is 0 Å². The number of aromatic nitrogens is 2. The second-order valence-electron chi connectivity index (χ2n) is 2.46. The fourth-order valence-electron chi connectivity index (χ4n) is 0.781. The molecule has 0 spiro atoms. The molecule has 0 saturated carbocycles. The van der Waals surface area contributed by atoms with Gasteiger partial charge in [-0.3, -0.25) is 9.97 Å². The Bertz CT molecular complexity index is 289. The van der Waals surface area contributed by atoms with Gasteiger partial charge >= 0.3 is 5.69 Å². The summed E-state index contributed by atoms with van der Waals surface area (Å²) < 4.78 is 5.06.